The fraction of sp³-hybridized carbons (Fsp3) is 0.533. The molecular weight excluding hydrogens is 313 g/mol. The second-order valence-corrected chi connectivity index (χ2v) is 10.5. The summed E-state index contributed by atoms with van der Waals surface area (Å²) in [6.07, 6.45) is 2.99. The first-order valence-corrected chi connectivity index (χ1v) is 10.6. The lowest BCUT2D eigenvalue weighted by atomic mass is 10.5. The van der Waals surface area contributed by atoms with Crippen LogP contribution >= 0.6 is 0 Å². The van der Waals surface area contributed by atoms with Gasteiger partial charge in [0.2, 0.25) is 0 Å². The molecule has 0 bridgehead atoms. The Morgan fingerprint density at radius 1 is 1.26 bits per heavy atom. The molecule has 0 spiro atoms. The molecule has 0 saturated heterocycles. The van der Waals surface area contributed by atoms with Crippen molar-refractivity contribution in [3.8, 4) is 6.01 Å². The number of halogens is 1. The molecule has 0 aliphatic rings. The summed E-state index contributed by atoms with van der Waals surface area (Å²) in [5.41, 5.74) is 0.773. The van der Waals surface area contributed by atoms with Gasteiger partial charge in [0, 0.05) is 13.2 Å². The smallest absolute Gasteiger partial charge is 0.318 e. The van der Waals surface area contributed by atoms with Crippen LogP contribution < -0.4 is 9.72 Å². The van der Waals surface area contributed by atoms with Gasteiger partial charge in [-0.05, 0) is 24.2 Å². The number of hydrogen-bond donors (Lipinski definition) is 1. The molecule has 0 fully saturated rings. The van der Waals surface area contributed by atoms with Crippen molar-refractivity contribution in [3.05, 3.63) is 30.0 Å². The molecule has 0 atom stereocenters. The second-order valence-electron chi connectivity index (χ2n) is 5.58. The summed E-state index contributed by atoms with van der Waals surface area (Å²) < 4.78 is 21.3. The van der Waals surface area contributed by atoms with Gasteiger partial charge in [-0.1, -0.05) is 20.8 Å². The average Bonchev–Trinajstić information content (AvgIpc) is 2.98. The van der Waals surface area contributed by atoms with E-state index in [2.05, 4.69) is 40.8 Å². The molecule has 0 aliphatic carbocycles. The zero-order valence-corrected chi connectivity index (χ0v) is 15.1. The molecule has 2 heterocycles. The SMILES string of the molecule is CC[Si](CC)(CC)Nc1nc(OCc2ccn(C)n2)ncc1F. The number of aromatic nitrogens is 4. The maximum atomic E-state index is 14.0. The fourth-order valence-corrected chi connectivity index (χ4v) is 5.16. The quantitative estimate of drug-likeness (QED) is 0.748. The van der Waals surface area contributed by atoms with E-state index in [4.69, 9.17) is 4.74 Å². The van der Waals surface area contributed by atoms with Crippen molar-refractivity contribution in [3.63, 3.8) is 0 Å². The number of rotatable bonds is 8. The zero-order valence-electron chi connectivity index (χ0n) is 14.1. The Morgan fingerprint density at radius 2 is 1.96 bits per heavy atom. The Labute approximate surface area is 137 Å². The third kappa shape index (κ3) is 4.28. The van der Waals surface area contributed by atoms with Crippen molar-refractivity contribution in [1.29, 1.82) is 0 Å². The van der Waals surface area contributed by atoms with Gasteiger partial charge in [0.05, 0.1) is 11.9 Å². The van der Waals surface area contributed by atoms with Crippen LogP contribution in [0, 0.1) is 5.82 Å². The van der Waals surface area contributed by atoms with Gasteiger partial charge in [-0.25, -0.2) is 9.37 Å². The average molecular weight is 337 g/mol. The number of aryl methyl sites for hydroxylation is 1. The standard InChI is InChI=1S/C15H24FN5OSi/c1-5-23(6-2,7-3)20-14-13(16)10-17-15(18-14)22-11-12-8-9-21(4)19-12/h8-10H,5-7,11H2,1-4H3,(H,17,18,20). The minimum atomic E-state index is -1.75. The van der Waals surface area contributed by atoms with Gasteiger partial charge >= 0.3 is 6.01 Å². The van der Waals surface area contributed by atoms with E-state index >= 15 is 0 Å². The summed E-state index contributed by atoms with van der Waals surface area (Å²) in [5.74, 6) is -0.198. The lowest BCUT2D eigenvalue weighted by Crippen LogP contribution is -2.42. The largest absolute Gasteiger partial charge is 0.457 e. The van der Waals surface area contributed by atoms with E-state index in [1.807, 2.05) is 19.3 Å². The highest BCUT2D eigenvalue weighted by molar-refractivity contribution is 6.82. The van der Waals surface area contributed by atoms with Crippen LogP contribution in [0.1, 0.15) is 26.5 Å². The number of ether oxygens (including phenoxy) is 1. The van der Waals surface area contributed by atoms with E-state index < -0.39 is 14.1 Å². The maximum absolute atomic E-state index is 14.0. The molecule has 0 saturated carbocycles. The molecule has 2 aromatic rings. The highest BCUT2D eigenvalue weighted by atomic mass is 28.3. The topological polar surface area (TPSA) is 64.9 Å². The Balaban J connectivity index is 2.11. The van der Waals surface area contributed by atoms with Gasteiger partial charge in [-0.3, -0.25) is 4.68 Å². The van der Waals surface area contributed by atoms with Crippen LogP contribution in [0.2, 0.25) is 18.1 Å². The highest BCUT2D eigenvalue weighted by Gasteiger charge is 2.29. The van der Waals surface area contributed by atoms with Gasteiger partial charge in [-0.2, -0.15) is 10.1 Å². The molecule has 2 aromatic heterocycles. The minimum absolute atomic E-state index is 0.158. The summed E-state index contributed by atoms with van der Waals surface area (Å²) in [7, 11) is 0.0901. The minimum Gasteiger partial charge on any atom is -0.457 e. The van der Waals surface area contributed by atoms with Gasteiger partial charge in [0.15, 0.2) is 19.9 Å². The highest BCUT2D eigenvalue weighted by Crippen LogP contribution is 2.24. The van der Waals surface area contributed by atoms with E-state index in [1.54, 1.807) is 4.68 Å². The number of nitrogens with zero attached hydrogens (tertiary/aromatic N) is 4. The number of anilines is 1. The van der Waals surface area contributed by atoms with Crippen molar-refractivity contribution in [2.24, 2.45) is 7.05 Å². The molecule has 0 radical (unpaired) electrons. The number of nitrogens with one attached hydrogen (secondary N) is 1. The number of hydrogen-bond acceptors (Lipinski definition) is 5. The normalized spacial score (nSPS) is 11.5. The van der Waals surface area contributed by atoms with Crippen LogP contribution in [-0.4, -0.2) is 28.0 Å². The molecule has 0 aromatic carbocycles. The molecule has 6 nitrogen and oxygen atoms in total. The molecule has 2 rings (SSSR count). The first-order chi connectivity index (χ1) is 11.0. The molecule has 0 aliphatic heterocycles. The van der Waals surface area contributed by atoms with Crippen LogP contribution in [0.15, 0.2) is 18.5 Å². The summed E-state index contributed by atoms with van der Waals surface area (Å²) in [5, 5.41) is 4.22. The van der Waals surface area contributed by atoms with Crippen LogP contribution in [0.25, 0.3) is 0 Å². The predicted molar refractivity (Wildman–Crippen MR) is 90.3 cm³/mol. The molecule has 126 valence electrons. The Kier molecular flexibility index (Phi) is 5.70. The Bertz CT molecular complexity index is 636. The predicted octanol–water partition coefficient (Wildman–Crippen LogP) is 3.35. The lowest BCUT2D eigenvalue weighted by molar-refractivity contribution is 0.274. The molecule has 0 amide bonds. The molecular formula is C15H24FN5OSi. The molecule has 8 heteroatoms. The van der Waals surface area contributed by atoms with Crippen molar-refractivity contribution >= 4 is 14.1 Å². The zero-order chi connectivity index (χ0) is 16.9. The van der Waals surface area contributed by atoms with Crippen molar-refractivity contribution in [2.75, 3.05) is 4.98 Å². The van der Waals surface area contributed by atoms with E-state index in [0.717, 1.165) is 30.0 Å². The van der Waals surface area contributed by atoms with Crippen molar-refractivity contribution in [1.82, 2.24) is 19.7 Å². The third-order valence-corrected chi connectivity index (χ3v) is 9.08. The molecule has 23 heavy (non-hydrogen) atoms. The summed E-state index contributed by atoms with van der Waals surface area (Å²) >= 11 is 0. The second kappa shape index (κ2) is 7.54. The fourth-order valence-electron chi connectivity index (χ4n) is 2.45. The van der Waals surface area contributed by atoms with E-state index in [0.29, 0.717) is 0 Å². The van der Waals surface area contributed by atoms with Gasteiger partial charge in [0.25, 0.3) is 0 Å². The van der Waals surface area contributed by atoms with E-state index in [-0.39, 0.29) is 18.4 Å². The Morgan fingerprint density at radius 3 is 2.52 bits per heavy atom. The van der Waals surface area contributed by atoms with Crippen LogP contribution in [-0.2, 0) is 13.7 Å². The van der Waals surface area contributed by atoms with Crippen LogP contribution in [0.4, 0.5) is 10.2 Å². The molecule has 1 N–H and O–H groups in total. The van der Waals surface area contributed by atoms with E-state index in [1.165, 1.54) is 0 Å². The van der Waals surface area contributed by atoms with Crippen LogP contribution in [0.5, 0.6) is 6.01 Å². The van der Waals surface area contributed by atoms with Crippen molar-refractivity contribution < 1.29 is 9.13 Å². The third-order valence-electron chi connectivity index (χ3n) is 4.25. The van der Waals surface area contributed by atoms with Crippen LogP contribution in [0.3, 0.4) is 0 Å². The molecule has 0 unspecified atom stereocenters. The maximum Gasteiger partial charge on any atom is 0.318 e. The van der Waals surface area contributed by atoms with Gasteiger partial charge in [0.1, 0.15) is 6.61 Å². The summed E-state index contributed by atoms with van der Waals surface area (Å²) in [6, 6.07) is 5.08. The monoisotopic (exact) mass is 337 g/mol. The van der Waals surface area contributed by atoms with Crippen molar-refractivity contribution in [2.45, 2.75) is 45.5 Å². The van der Waals surface area contributed by atoms with E-state index in [9.17, 15) is 4.39 Å². The first kappa shape index (κ1) is 17.4. The van der Waals surface area contributed by atoms with Gasteiger partial charge in [-0.15, -0.1) is 0 Å². The van der Waals surface area contributed by atoms with Gasteiger partial charge < -0.3 is 9.72 Å². The lowest BCUT2D eigenvalue weighted by Gasteiger charge is -2.29. The Hall–Kier alpha value is -1.96. The first-order valence-electron chi connectivity index (χ1n) is 7.94. The summed E-state index contributed by atoms with van der Waals surface area (Å²) in [6.45, 7) is 6.68. The summed E-state index contributed by atoms with van der Waals surface area (Å²) in [4.78, 5) is 11.5.